The molecular weight excluding hydrogens is 312 g/mol. The third-order valence-electron chi connectivity index (χ3n) is 3.54. The van der Waals surface area contributed by atoms with E-state index in [-0.39, 0.29) is 11.6 Å². The van der Waals surface area contributed by atoms with Crippen LogP contribution in [0.4, 0.5) is 5.69 Å². The van der Waals surface area contributed by atoms with Crippen LogP contribution in [0.2, 0.25) is 5.02 Å². The Labute approximate surface area is 138 Å². The second kappa shape index (κ2) is 6.22. The van der Waals surface area contributed by atoms with Crippen LogP contribution < -0.4 is 5.32 Å². The fraction of sp³-hybridized carbons (Fsp3) is 0.118. The Hall–Kier alpha value is -2.66. The van der Waals surface area contributed by atoms with Crippen molar-refractivity contribution in [3.63, 3.8) is 0 Å². The number of rotatable bonds is 3. The number of halogens is 1. The second-order valence-corrected chi connectivity index (χ2v) is 5.60. The van der Waals surface area contributed by atoms with Crippen molar-refractivity contribution in [2.45, 2.75) is 13.8 Å². The van der Waals surface area contributed by atoms with Crippen LogP contribution in [0.5, 0.6) is 0 Å². The van der Waals surface area contributed by atoms with Crippen LogP contribution in [0.1, 0.15) is 21.7 Å². The topological polar surface area (TPSA) is 59.8 Å². The monoisotopic (exact) mass is 326 g/mol. The smallest absolute Gasteiger partial charge is 0.278 e. The first-order valence-electron chi connectivity index (χ1n) is 7.11. The van der Waals surface area contributed by atoms with Gasteiger partial charge in [-0.15, -0.1) is 5.10 Å². The first kappa shape index (κ1) is 15.2. The Balaban J connectivity index is 1.89. The van der Waals surface area contributed by atoms with Gasteiger partial charge in [0.15, 0.2) is 5.69 Å². The lowest BCUT2D eigenvalue weighted by atomic mass is 10.2. The highest BCUT2D eigenvalue weighted by Crippen LogP contribution is 2.21. The Morgan fingerprint density at radius 2 is 1.87 bits per heavy atom. The van der Waals surface area contributed by atoms with E-state index >= 15 is 0 Å². The number of amides is 1. The van der Waals surface area contributed by atoms with Gasteiger partial charge >= 0.3 is 0 Å². The highest BCUT2D eigenvalue weighted by molar-refractivity contribution is 6.31. The molecule has 0 unspecified atom stereocenters. The lowest BCUT2D eigenvalue weighted by Crippen LogP contribution is -2.14. The molecule has 6 heteroatoms. The summed E-state index contributed by atoms with van der Waals surface area (Å²) in [6.07, 6.45) is 0. The highest BCUT2D eigenvalue weighted by atomic mass is 35.5. The summed E-state index contributed by atoms with van der Waals surface area (Å²) in [7, 11) is 0. The van der Waals surface area contributed by atoms with Gasteiger partial charge in [0.25, 0.3) is 5.91 Å². The lowest BCUT2D eigenvalue weighted by Gasteiger charge is -2.06. The van der Waals surface area contributed by atoms with Crippen LogP contribution in [0.25, 0.3) is 5.69 Å². The maximum Gasteiger partial charge on any atom is 0.278 e. The standard InChI is InChI=1S/C17H15ClN4O/c1-11-8-9-14(10-15(11)18)22-12(2)16(20-21-22)17(23)19-13-6-4-3-5-7-13/h3-10H,1-2H3,(H,19,23). The van der Waals surface area contributed by atoms with Crippen molar-refractivity contribution in [3.05, 3.63) is 70.5 Å². The van der Waals surface area contributed by atoms with Crippen molar-refractivity contribution >= 4 is 23.2 Å². The third-order valence-corrected chi connectivity index (χ3v) is 3.95. The summed E-state index contributed by atoms with van der Waals surface area (Å²) < 4.78 is 1.60. The number of hydrogen-bond acceptors (Lipinski definition) is 3. The largest absolute Gasteiger partial charge is 0.321 e. The summed E-state index contributed by atoms with van der Waals surface area (Å²) in [6, 6.07) is 14.8. The number of benzene rings is 2. The van der Waals surface area contributed by atoms with Crippen molar-refractivity contribution in [1.82, 2.24) is 15.0 Å². The van der Waals surface area contributed by atoms with Crippen LogP contribution in [0, 0.1) is 13.8 Å². The molecule has 0 aliphatic heterocycles. The summed E-state index contributed by atoms with van der Waals surface area (Å²) in [5, 5.41) is 11.5. The van der Waals surface area contributed by atoms with Crippen molar-refractivity contribution in [3.8, 4) is 5.69 Å². The zero-order valence-electron chi connectivity index (χ0n) is 12.7. The fourth-order valence-corrected chi connectivity index (χ4v) is 2.38. The first-order valence-corrected chi connectivity index (χ1v) is 7.49. The third kappa shape index (κ3) is 3.10. The number of anilines is 1. The van der Waals surface area contributed by atoms with E-state index in [1.165, 1.54) is 0 Å². The number of nitrogens with zero attached hydrogens (tertiary/aromatic N) is 3. The summed E-state index contributed by atoms with van der Waals surface area (Å²) in [5.41, 5.74) is 3.40. The molecule has 0 fully saturated rings. The number of carbonyl (C=O) groups is 1. The number of carbonyl (C=O) groups excluding carboxylic acids is 1. The molecule has 3 rings (SSSR count). The number of nitrogens with one attached hydrogen (secondary N) is 1. The van der Waals surface area contributed by atoms with Gasteiger partial charge in [-0.05, 0) is 43.7 Å². The highest BCUT2D eigenvalue weighted by Gasteiger charge is 2.17. The first-order chi connectivity index (χ1) is 11.1. The molecular formula is C17H15ClN4O. The van der Waals surface area contributed by atoms with Gasteiger partial charge in [-0.1, -0.05) is 41.1 Å². The number of para-hydroxylation sites is 1. The summed E-state index contributed by atoms with van der Waals surface area (Å²) in [6.45, 7) is 3.73. The molecule has 0 aliphatic rings. The van der Waals surface area contributed by atoms with Crippen molar-refractivity contribution in [2.75, 3.05) is 5.32 Å². The van der Waals surface area contributed by atoms with E-state index in [0.29, 0.717) is 16.4 Å². The molecule has 1 heterocycles. The van der Waals surface area contributed by atoms with Crippen molar-refractivity contribution < 1.29 is 4.79 Å². The van der Waals surface area contributed by atoms with Gasteiger partial charge in [-0.2, -0.15) is 0 Å². The fourth-order valence-electron chi connectivity index (χ4n) is 2.21. The van der Waals surface area contributed by atoms with E-state index in [1.807, 2.05) is 49.4 Å². The maximum absolute atomic E-state index is 12.3. The normalized spacial score (nSPS) is 10.6. The van der Waals surface area contributed by atoms with Crippen molar-refractivity contribution in [2.24, 2.45) is 0 Å². The second-order valence-electron chi connectivity index (χ2n) is 5.19. The van der Waals surface area contributed by atoms with Crippen LogP contribution >= 0.6 is 11.6 Å². The van der Waals surface area contributed by atoms with E-state index in [0.717, 1.165) is 11.3 Å². The van der Waals surface area contributed by atoms with E-state index in [1.54, 1.807) is 17.7 Å². The molecule has 2 aromatic carbocycles. The van der Waals surface area contributed by atoms with Crippen LogP contribution in [-0.2, 0) is 0 Å². The minimum Gasteiger partial charge on any atom is -0.321 e. The van der Waals surface area contributed by atoms with Gasteiger partial charge in [-0.3, -0.25) is 4.79 Å². The predicted octanol–water partition coefficient (Wildman–Crippen LogP) is 3.79. The number of aryl methyl sites for hydroxylation is 1. The molecule has 0 atom stereocenters. The van der Waals surface area contributed by atoms with E-state index < -0.39 is 0 Å². The zero-order valence-corrected chi connectivity index (χ0v) is 13.5. The Bertz CT molecular complexity index is 858. The summed E-state index contributed by atoms with van der Waals surface area (Å²) >= 11 is 6.15. The number of hydrogen-bond donors (Lipinski definition) is 1. The minimum atomic E-state index is -0.293. The summed E-state index contributed by atoms with van der Waals surface area (Å²) in [4.78, 5) is 12.3. The lowest BCUT2D eigenvalue weighted by molar-refractivity contribution is 0.102. The predicted molar refractivity (Wildman–Crippen MR) is 90.2 cm³/mol. The molecule has 0 aliphatic carbocycles. The molecule has 0 spiro atoms. The molecule has 0 saturated heterocycles. The van der Waals surface area contributed by atoms with E-state index in [2.05, 4.69) is 15.6 Å². The Kier molecular flexibility index (Phi) is 4.12. The van der Waals surface area contributed by atoms with Gasteiger partial charge in [-0.25, -0.2) is 4.68 Å². The van der Waals surface area contributed by atoms with Gasteiger partial charge in [0, 0.05) is 10.7 Å². The minimum absolute atomic E-state index is 0.283. The van der Waals surface area contributed by atoms with Crippen molar-refractivity contribution in [1.29, 1.82) is 0 Å². The molecule has 0 radical (unpaired) electrons. The molecule has 1 N–H and O–H groups in total. The molecule has 116 valence electrons. The van der Waals surface area contributed by atoms with Crippen LogP contribution in [-0.4, -0.2) is 20.9 Å². The van der Waals surface area contributed by atoms with Gasteiger partial charge < -0.3 is 5.32 Å². The molecule has 3 aromatic rings. The van der Waals surface area contributed by atoms with E-state index in [9.17, 15) is 4.79 Å². The quantitative estimate of drug-likeness (QED) is 0.796. The SMILES string of the molecule is Cc1ccc(-n2nnc(C(=O)Nc3ccccc3)c2C)cc1Cl. The van der Waals surface area contributed by atoms with Gasteiger partial charge in [0.1, 0.15) is 0 Å². The molecule has 1 amide bonds. The average molecular weight is 327 g/mol. The molecule has 0 bridgehead atoms. The molecule has 23 heavy (non-hydrogen) atoms. The molecule has 1 aromatic heterocycles. The Morgan fingerprint density at radius 3 is 2.57 bits per heavy atom. The molecule has 5 nitrogen and oxygen atoms in total. The van der Waals surface area contributed by atoms with Gasteiger partial charge in [0.05, 0.1) is 11.4 Å². The average Bonchev–Trinajstić information content (AvgIpc) is 2.93. The summed E-state index contributed by atoms with van der Waals surface area (Å²) in [5.74, 6) is -0.293. The molecule has 0 saturated carbocycles. The van der Waals surface area contributed by atoms with E-state index in [4.69, 9.17) is 11.6 Å². The zero-order chi connectivity index (χ0) is 16.4. The van der Waals surface area contributed by atoms with Gasteiger partial charge in [0.2, 0.25) is 0 Å². The van der Waals surface area contributed by atoms with Crippen LogP contribution in [0.3, 0.4) is 0 Å². The van der Waals surface area contributed by atoms with Crippen LogP contribution in [0.15, 0.2) is 48.5 Å². The maximum atomic E-state index is 12.3. The Morgan fingerprint density at radius 1 is 1.13 bits per heavy atom. The number of aromatic nitrogens is 3.